The molecule has 1 aromatic carbocycles. The third-order valence-corrected chi connectivity index (χ3v) is 3.27. The van der Waals surface area contributed by atoms with Crippen molar-refractivity contribution in [2.24, 2.45) is 0 Å². The molecule has 3 nitrogen and oxygen atoms in total. The number of hydrogen-bond acceptors (Lipinski definition) is 3. The van der Waals surface area contributed by atoms with Crippen molar-refractivity contribution in [2.75, 3.05) is 6.61 Å². The van der Waals surface area contributed by atoms with E-state index in [2.05, 4.69) is 0 Å². The van der Waals surface area contributed by atoms with Crippen LogP contribution in [0.2, 0.25) is 0 Å². The van der Waals surface area contributed by atoms with Crippen molar-refractivity contribution in [1.82, 2.24) is 0 Å². The van der Waals surface area contributed by atoms with Crippen LogP contribution in [0.5, 0.6) is 0 Å². The molecule has 3 heteroatoms. The van der Waals surface area contributed by atoms with E-state index in [0.717, 1.165) is 11.0 Å². The summed E-state index contributed by atoms with van der Waals surface area (Å²) in [5, 5.41) is 0.941. The second-order valence-corrected chi connectivity index (χ2v) is 4.50. The van der Waals surface area contributed by atoms with Gasteiger partial charge in [0.15, 0.2) is 5.76 Å². The summed E-state index contributed by atoms with van der Waals surface area (Å²) in [6.07, 6.45) is 0.622. The van der Waals surface area contributed by atoms with Crippen molar-refractivity contribution in [3.63, 3.8) is 0 Å². The van der Waals surface area contributed by atoms with Gasteiger partial charge in [-0.05, 0) is 32.4 Å². The molecule has 2 rings (SSSR count). The molecule has 96 valence electrons. The average Bonchev–Trinajstić information content (AvgIpc) is 2.81. The molecule has 0 aliphatic heterocycles. The van der Waals surface area contributed by atoms with Crippen LogP contribution in [0.3, 0.4) is 0 Å². The van der Waals surface area contributed by atoms with E-state index in [0.29, 0.717) is 18.8 Å². The molecule has 18 heavy (non-hydrogen) atoms. The van der Waals surface area contributed by atoms with Gasteiger partial charge in [-0.2, -0.15) is 0 Å². The Morgan fingerprint density at radius 1 is 1.33 bits per heavy atom. The van der Waals surface area contributed by atoms with Crippen molar-refractivity contribution in [3.8, 4) is 0 Å². The van der Waals surface area contributed by atoms with Crippen LogP contribution in [0.1, 0.15) is 37.7 Å². The first-order valence-corrected chi connectivity index (χ1v) is 6.28. The lowest BCUT2D eigenvalue weighted by molar-refractivity contribution is -0.0132. The number of para-hydroxylation sites is 1. The lowest BCUT2D eigenvalue weighted by atomic mass is 9.95. The maximum atomic E-state index is 12.4. The largest absolute Gasteiger partial charge is 0.453 e. The van der Waals surface area contributed by atoms with Crippen LogP contribution in [0.4, 0.5) is 0 Å². The van der Waals surface area contributed by atoms with Gasteiger partial charge in [-0.25, -0.2) is 0 Å². The first-order valence-electron chi connectivity index (χ1n) is 6.28. The fourth-order valence-electron chi connectivity index (χ4n) is 2.00. The molecule has 1 atom stereocenters. The molecule has 0 bridgehead atoms. The topological polar surface area (TPSA) is 39.4 Å². The third-order valence-electron chi connectivity index (χ3n) is 3.27. The van der Waals surface area contributed by atoms with Gasteiger partial charge in [0.1, 0.15) is 11.2 Å². The predicted octanol–water partition coefficient (Wildman–Crippen LogP) is 3.82. The monoisotopic (exact) mass is 246 g/mol. The lowest BCUT2D eigenvalue weighted by Crippen LogP contribution is -2.37. The molecule has 2 aromatic rings. The molecule has 1 heterocycles. The number of benzene rings is 1. The normalized spacial score (nSPS) is 14.6. The van der Waals surface area contributed by atoms with Crippen LogP contribution in [-0.4, -0.2) is 18.0 Å². The Balaban J connectivity index is 2.38. The molecule has 0 fully saturated rings. The number of hydrogen-bond donors (Lipinski definition) is 0. The molecule has 0 saturated heterocycles. The van der Waals surface area contributed by atoms with Crippen molar-refractivity contribution in [2.45, 2.75) is 32.8 Å². The van der Waals surface area contributed by atoms with Gasteiger partial charge in [0, 0.05) is 12.0 Å². The number of furan rings is 1. The maximum Gasteiger partial charge on any atom is 0.229 e. The van der Waals surface area contributed by atoms with Gasteiger partial charge >= 0.3 is 0 Å². The van der Waals surface area contributed by atoms with Crippen LogP contribution in [0.25, 0.3) is 11.0 Å². The number of ketones is 1. The van der Waals surface area contributed by atoms with E-state index >= 15 is 0 Å². The van der Waals surface area contributed by atoms with Crippen LogP contribution >= 0.6 is 0 Å². The van der Waals surface area contributed by atoms with E-state index in [1.165, 1.54) is 0 Å². The maximum absolute atomic E-state index is 12.4. The summed E-state index contributed by atoms with van der Waals surface area (Å²) in [6, 6.07) is 9.38. The van der Waals surface area contributed by atoms with Gasteiger partial charge < -0.3 is 9.15 Å². The highest BCUT2D eigenvalue weighted by atomic mass is 16.5. The molecule has 1 unspecified atom stereocenters. The first kappa shape index (κ1) is 12.8. The molecule has 0 N–H and O–H groups in total. The van der Waals surface area contributed by atoms with Crippen molar-refractivity contribution < 1.29 is 13.9 Å². The number of ether oxygens (including phenoxy) is 1. The summed E-state index contributed by atoms with van der Waals surface area (Å²) < 4.78 is 11.2. The zero-order chi connectivity index (χ0) is 13.2. The Morgan fingerprint density at radius 2 is 2.06 bits per heavy atom. The third kappa shape index (κ3) is 2.18. The van der Waals surface area contributed by atoms with E-state index in [1.54, 1.807) is 6.07 Å². The van der Waals surface area contributed by atoms with Gasteiger partial charge in [-0.15, -0.1) is 0 Å². The summed E-state index contributed by atoms with van der Waals surface area (Å²) >= 11 is 0. The molecular formula is C15H18O3. The standard InChI is InChI=1S/C15H18O3/c1-4-15(3,17-5-2)14(16)13-10-11-8-6-7-9-12(11)18-13/h6-10H,4-5H2,1-3H3. The van der Waals surface area contributed by atoms with Gasteiger partial charge in [-0.3, -0.25) is 4.79 Å². The molecule has 0 radical (unpaired) electrons. The summed E-state index contributed by atoms with van der Waals surface area (Å²) in [7, 11) is 0. The lowest BCUT2D eigenvalue weighted by Gasteiger charge is -2.25. The van der Waals surface area contributed by atoms with Gasteiger partial charge in [0.05, 0.1) is 0 Å². The van der Waals surface area contributed by atoms with Gasteiger partial charge in [0.2, 0.25) is 5.78 Å². The first-order chi connectivity index (χ1) is 8.60. The van der Waals surface area contributed by atoms with E-state index in [1.807, 2.05) is 45.0 Å². The second-order valence-electron chi connectivity index (χ2n) is 4.50. The molecule has 0 aliphatic carbocycles. The highest BCUT2D eigenvalue weighted by molar-refractivity contribution is 6.02. The Hall–Kier alpha value is -1.61. The van der Waals surface area contributed by atoms with E-state index in [4.69, 9.17) is 9.15 Å². The summed E-state index contributed by atoms with van der Waals surface area (Å²) in [6.45, 7) is 6.15. The number of fused-ring (bicyclic) bond motifs is 1. The van der Waals surface area contributed by atoms with E-state index in [-0.39, 0.29) is 5.78 Å². The Labute approximate surface area is 107 Å². The van der Waals surface area contributed by atoms with Crippen molar-refractivity contribution in [1.29, 1.82) is 0 Å². The molecule has 1 aromatic heterocycles. The molecular weight excluding hydrogens is 228 g/mol. The Bertz CT molecular complexity index is 523. The van der Waals surface area contributed by atoms with Crippen LogP contribution in [0.15, 0.2) is 34.7 Å². The SMILES string of the molecule is CCOC(C)(CC)C(=O)c1cc2ccccc2o1. The Kier molecular flexibility index (Phi) is 3.53. The summed E-state index contributed by atoms with van der Waals surface area (Å²) in [4.78, 5) is 12.4. The summed E-state index contributed by atoms with van der Waals surface area (Å²) in [5.41, 5.74) is -0.0707. The predicted molar refractivity (Wildman–Crippen MR) is 70.9 cm³/mol. The molecule has 0 saturated carbocycles. The number of rotatable bonds is 5. The van der Waals surface area contributed by atoms with Crippen molar-refractivity contribution in [3.05, 3.63) is 36.1 Å². The fraction of sp³-hybridized carbons (Fsp3) is 0.400. The minimum atomic E-state index is -0.803. The van der Waals surface area contributed by atoms with Crippen molar-refractivity contribution >= 4 is 16.8 Å². The quantitative estimate of drug-likeness (QED) is 0.753. The molecule has 0 spiro atoms. The molecule has 0 aliphatic rings. The number of carbonyl (C=O) groups is 1. The average molecular weight is 246 g/mol. The zero-order valence-corrected chi connectivity index (χ0v) is 11.0. The minimum Gasteiger partial charge on any atom is -0.453 e. The second kappa shape index (κ2) is 4.94. The van der Waals surface area contributed by atoms with E-state index in [9.17, 15) is 4.79 Å². The Morgan fingerprint density at radius 3 is 2.67 bits per heavy atom. The highest BCUT2D eigenvalue weighted by Crippen LogP contribution is 2.26. The van der Waals surface area contributed by atoms with E-state index < -0.39 is 5.60 Å². The minimum absolute atomic E-state index is 0.0944. The smallest absolute Gasteiger partial charge is 0.229 e. The van der Waals surface area contributed by atoms with Gasteiger partial charge in [-0.1, -0.05) is 25.1 Å². The van der Waals surface area contributed by atoms with Crippen LogP contribution in [0, 0.1) is 0 Å². The summed E-state index contributed by atoms with van der Waals surface area (Å²) in [5.74, 6) is 0.275. The fourth-order valence-corrected chi connectivity index (χ4v) is 2.00. The van der Waals surface area contributed by atoms with Crippen LogP contribution in [-0.2, 0) is 4.74 Å². The highest BCUT2D eigenvalue weighted by Gasteiger charge is 2.34. The van der Waals surface area contributed by atoms with Crippen LogP contribution < -0.4 is 0 Å². The zero-order valence-electron chi connectivity index (χ0n) is 11.0. The van der Waals surface area contributed by atoms with Gasteiger partial charge in [0.25, 0.3) is 0 Å². The number of Topliss-reactive ketones (excluding diaryl/α,β-unsaturated/α-hetero) is 1. The molecule has 0 amide bonds. The number of carbonyl (C=O) groups excluding carboxylic acids is 1.